The second-order valence-electron chi connectivity index (χ2n) is 5.72. The number of allylic oxidation sites excluding steroid dienone is 1. The molecule has 138 valence electrons. The van der Waals surface area contributed by atoms with Gasteiger partial charge in [-0.25, -0.2) is 0 Å². The summed E-state index contributed by atoms with van der Waals surface area (Å²) in [7, 11) is 0. The van der Waals surface area contributed by atoms with Crippen LogP contribution in [-0.4, -0.2) is 48.2 Å². The highest BCUT2D eigenvalue weighted by atomic mass is 16.5. The molecule has 1 aromatic carbocycles. The molecule has 1 heterocycles. The maximum absolute atomic E-state index is 12.0. The minimum atomic E-state index is -0.640. The Morgan fingerprint density at radius 2 is 2.00 bits per heavy atom. The molecule has 1 aliphatic rings. The van der Waals surface area contributed by atoms with Crippen LogP contribution < -0.4 is 9.64 Å². The van der Waals surface area contributed by atoms with E-state index in [2.05, 4.69) is 0 Å². The first kappa shape index (κ1) is 19.2. The third kappa shape index (κ3) is 4.47. The van der Waals surface area contributed by atoms with Crippen molar-refractivity contribution < 1.29 is 29.0 Å². The summed E-state index contributed by atoms with van der Waals surface area (Å²) in [5, 5.41) is 17.3. The average molecular weight is 360 g/mol. The van der Waals surface area contributed by atoms with Crippen LogP contribution >= 0.6 is 0 Å². The number of anilines is 1. The number of fused-ring (bicyclic) bond motifs is 1. The molecule has 2 N–H and O–H groups in total. The molecule has 0 atom stereocenters. The van der Waals surface area contributed by atoms with E-state index in [0.717, 1.165) is 0 Å². The second-order valence-corrected chi connectivity index (χ2v) is 5.72. The van der Waals surface area contributed by atoms with Gasteiger partial charge in [-0.2, -0.15) is 0 Å². The minimum Gasteiger partial charge on any atom is -0.508 e. The standard InChI is InChI=1S/C18H20N2O6/c1-11(19)18(12(2)21)14(22)9-26-17(24)7-8-20-13-5-3-4-6-15(13)25-10-16(20)23/h3-6,19,22H,7-10H2,1-2H3/b18-14-,19-11?. The van der Waals surface area contributed by atoms with Crippen molar-refractivity contribution in [3.8, 4) is 5.75 Å². The Balaban J connectivity index is 1.95. The Morgan fingerprint density at radius 1 is 1.31 bits per heavy atom. The number of amides is 1. The van der Waals surface area contributed by atoms with Crippen LogP contribution in [0.4, 0.5) is 5.69 Å². The Bertz CT molecular complexity index is 768. The van der Waals surface area contributed by atoms with Crippen LogP contribution in [0.2, 0.25) is 0 Å². The molecule has 0 fully saturated rings. The van der Waals surface area contributed by atoms with E-state index in [4.69, 9.17) is 14.9 Å². The predicted molar refractivity (Wildman–Crippen MR) is 93.6 cm³/mol. The average Bonchev–Trinajstić information content (AvgIpc) is 2.58. The molecule has 0 saturated heterocycles. The molecular formula is C18H20N2O6. The maximum Gasteiger partial charge on any atom is 0.308 e. The van der Waals surface area contributed by atoms with E-state index in [9.17, 15) is 19.5 Å². The van der Waals surface area contributed by atoms with Gasteiger partial charge in [0.1, 0.15) is 18.1 Å². The van der Waals surface area contributed by atoms with E-state index in [0.29, 0.717) is 11.4 Å². The first-order chi connectivity index (χ1) is 12.3. The van der Waals surface area contributed by atoms with Gasteiger partial charge >= 0.3 is 5.97 Å². The van der Waals surface area contributed by atoms with Crippen molar-refractivity contribution in [2.24, 2.45) is 0 Å². The number of nitrogens with one attached hydrogen (secondary N) is 1. The summed E-state index contributed by atoms with van der Waals surface area (Å²) >= 11 is 0. The second kappa shape index (κ2) is 8.28. The quantitative estimate of drug-likeness (QED) is 0.331. The summed E-state index contributed by atoms with van der Waals surface area (Å²) in [5.74, 6) is -1.29. The number of carbonyl (C=O) groups is 3. The van der Waals surface area contributed by atoms with Crippen molar-refractivity contribution in [3.05, 3.63) is 35.6 Å². The van der Waals surface area contributed by atoms with Crippen LogP contribution in [0, 0.1) is 5.41 Å². The smallest absolute Gasteiger partial charge is 0.308 e. The number of ketones is 1. The van der Waals surface area contributed by atoms with Gasteiger partial charge in [-0.3, -0.25) is 14.4 Å². The summed E-state index contributed by atoms with van der Waals surface area (Å²) in [5.41, 5.74) is 0.300. The maximum atomic E-state index is 12.0. The van der Waals surface area contributed by atoms with Gasteiger partial charge in [-0.15, -0.1) is 0 Å². The number of benzene rings is 1. The molecule has 0 unspecified atom stereocenters. The van der Waals surface area contributed by atoms with Gasteiger partial charge in [-0.05, 0) is 26.0 Å². The lowest BCUT2D eigenvalue weighted by Gasteiger charge is -2.28. The van der Waals surface area contributed by atoms with Crippen LogP contribution in [-0.2, 0) is 19.1 Å². The highest BCUT2D eigenvalue weighted by Gasteiger charge is 2.25. The van der Waals surface area contributed by atoms with E-state index < -0.39 is 24.1 Å². The Labute approximate surface area is 150 Å². The number of aliphatic hydroxyl groups excluding tert-OH is 1. The Kier molecular flexibility index (Phi) is 6.11. The van der Waals surface area contributed by atoms with Crippen molar-refractivity contribution in [2.45, 2.75) is 20.3 Å². The highest BCUT2D eigenvalue weighted by Crippen LogP contribution is 2.31. The number of esters is 1. The number of hydrogen-bond donors (Lipinski definition) is 2. The van der Waals surface area contributed by atoms with E-state index in [1.54, 1.807) is 24.3 Å². The summed E-state index contributed by atoms with van der Waals surface area (Å²) in [6, 6.07) is 7.00. The van der Waals surface area contributed by atoms with Crippen molar-refractivity contribution in [1.29, 1.82) is 5.41 Å². The molecule has 26 heavy (non-hydrogen) atoms. The SMILES string of the molecule is CC(=N)/C(C(C)=O)=C(/O)COC(=O)CCN1C(=O)COc2ccccc21. The lowest BCUT2D eigenvalue weighted by atomic mass is 10.1. The largest absolute Gasteiger partial charge is 0.508 e. The van der Waals surface area contributed by atoms with Crippen molar-refractivity contribution in [2.75, 3.05) is 24.7 Å². The van der Waals surface area contributed by atoms with Gasteiger partial charge in [0, 0.05) is 12.3 Å². The van der Waals surface area contributed by atoms with Crippen molar-refractivity contribution >= 4 is 29.1 Å². The van der Waals surface area contributed by atoms with Crippen LogP contribution in [0.25, 0.3) is 0 Å². The molecule has 2 rings (SSSR count). The molecular weight excluding hydrogens is 340 g/mol. The van der Waals surface area contributed by atoms with E-state index in [1.807, 2.05) is 0 Å². The summed E-state index contributed by atoms with van der Waals surface area (Å²) in [6.07, 6.45) is -0.0909. The number of nitrogens with zero attached hydrogens (tertiary/aromatic N) is 1. The molecule has 8 nitrogen and oxygen atoms in total. The molecule has 8 heteroatoms. The van der Waals surface area contributed by atoms with Crippen LogP contribution in [0.15, 0.2) is 35.6 Å². The fourth-order valence-electron chi connectivity index (χ4n) is 2.58. The summed E-state index contributed by atoms with van der Waals surface area (Å²) < 4.78 is 10.3. The molecule has 1 amide bonds. The topological polar surface area (TPSA) is 117 Å². The number of carbonyl (C=O) groups excluding carboxylic acids is 3. The van der Waals surface area contributed by atoms with Gasteiger partial charge in [0.05, 0.1) is 17.7 Å². The first-order valence-electron chi connectivity index (χ1n) is 7.97. The van der Waals surface area contributed by atoms with Gasteiger partial charge in [0.25, 0.3) is 5.91 Å². The number of Topliss-reactive ketones (excluding diaryl/α,β-unsaturated/α-hetero) is 1. The summed E-state index contributed by atoms with van der Waals surface area (Å²) in [4.78, 5) is 36.8. The van der Waals surface area contributed by atoms with Gasteiger partial charge in [0.15, 0.2) is 12.4 Å². The van der Waals surface area contributed by atoms with E-state index in [1.165, 1.54) is 18.7 Å². The monoisotopic (exact) mass is 360 g/mol. The Morgan fingerprint density at radius 3 is 2.65 bits per heavy atom. The predicted octanol–water partition coefficient (Wildman–Crippen LogP) is 1.79. The van der Waals surface area contributed by atoms with Gasteiger partial charge < -0.3 is 24.9 Å². The molecule has 1 aromatic rings. The van der Waals surface area contributed by atoms with Crippen molar-refractivity contribution in [3.63, 3.8) is 0 Å². The zero-order valence-electron chi connectivity index (χ0n) is 14.6. The highest BCUT2D eigenvalue weighted by molar-refractivity contribution is 6.19. The first-order valence-corrected chi connectivity index (χ1v) is 7.97. The number of para-hydroxylation sites is 2. The number of rotatable bonds is 7. The molecule has 0 aromatic heterocycles. The van der Waals surface area contributed by atoms with E-state index in [-0.39, 0.29) is 36.8 Å². The molecule has 0 radical (unpaired) electrons. The van der Waals surface area contributed by atoms with Crippen LogP contribution in [0.3, 0.4) is 0 Å². The number of ether oxygens (including phenoxy) is 2. The molecule has 1 aliphatic heterocycles. The molecule has 0 aliphatic carbocycles. The van der Waals surface area contributed by atoms with E-state index >= 15 is 0 Å². The lowest BCUT2D eigenvalue weighted by Crippen LogP contribution is -2.40. The molecule has 0 bridgehead atoms. The molecule has 0 saturated carbocycles. The number of aliphatic hydroxyl groups is 1. The summed E-state index contributed by atoms with van der Waals surface area (Å²) in [6.45, 7) is 2.07. The third-order valence-electron chi connectivity index (χ3n) is 3.73. The fraction of sp³-hybridized carbons (Fsp3) is 0.333. The number of hydrogen-bond acceptors (Lipinski definition) is 7. The third-order valence-corrected chi connectivity index (χ3v) is 3.73. The molecule has 0 spiro atoms. The minimum absolute atomic E-state index is 0.0909. The van der Waals surface area contributed by atoms with Gasteiger partial charge in [0.2, 0.25) is 0 Å². The van der Waals surface area contributed by atoms with Crippen molar-refractivity contribution in [1.82, 2.24) is 0 Å². The fourth-order valence-corrected chi connectivity index (χ4v) is 2.58. The normalized spacial score (nSPS) is 14.1. The van der Waals surface area contributed by atoms with Gasteiger partial charge in [-0.1, -0.05) is 12.1 Å². The van der Waals surface area contributed by atoms with Crippen LogP contribution in [0.5, 0.6) is 5.75 Å². The zero-order chi connectivity index (χ0) is 19.3. The Hall–Kier alpha value is -3.16. The van der Waals surface area contributed by atoms with Crippen LogP contribution in [0.1, 0.15) is 20.3 Å². The lowest BCUT2D eigenvalue weighted by molar-refractivity contribution is -0.143. The zero-order valence-corrected chi connectivity index (χ0v) is 14.6.